The summed E-state index contributed by atoms with van der Waals surface area (Å²) >= 11 is 3.37. The van der Waals surface area contributed by atoms with E-state index >= 15 is 0 Å². The van der Waals surface area contributed by atoms with Gasteiger partial charge in [-0.1, -0.05) is 28.1 Å². The predicted octanol–water partition coefficient (Wildman–Crippen LogP) is 3.01. The molecule has 1 N–H and O–H groups in total. The van der Waals surface area contributed by atoms with Crippen molar-refractivity contribution in [3.05, 3.63) is 63.6 Å². The standard InChI is InChI=1S/C17H12BrN3O3/c1-24-17(23)11-4-2-10(3-5-11)9-19-21-15-13-8-12(18)6-7-14(13)20-16(15)22/h2-9H,1H3,(H,20,21,22)/b19-9+. The second kappa shape index (κ2) is 6.76. The number of ether oxygens (including phenoxy) is 1. The van der Waals surface area contributed by atoms with Crippen molar-refractivity contribution in [3.8, 4) is 0 Å². The van der Waals surface area contributed by atoms with Crippen LogP contribution in [0.5, 0.6) is 0 Å². The van der Waals surface area contributed by atoms with E-state index in [2.05, 4.69) is 36.2 Å². The first-order valence-corrected chi connectivity index (χ1v) is 7.78. The Morgan fingerprint density at radius 2 is 1.96 bits per heavy atom. The topological polar surface area (TPSA) is 80.1 Å². The van der Waals surface area contributed by atoms with Gasteiger partial charge >= 0.3 is 5.97 Å². The molecule has 0 atom stereocenters. The molecular formula is C17H12BrN3O3. The van der Waals surface area contributed by atoms with Crippen LogP contribution in [-0.2, 0) is 9.53 Å². The molecule has 0 saturated carbocycles. The van der Waals surface area contributed by atoms with Crippen LogP contribution in [0.2, 0.25) is 0 Å². The first kappa shape index (κ1) is 16.1. The predicted molar refractivity (Wildman–Crippen MR) is 94.7 cm³/mol. The number of nitrogens with one attached hydrogen (secondary N) is 1. The van der Waals surface area contributed by atoms with Crippen LogP contribution in [-0.4, -0.2) is 30.9 Å². The van der Waals surface area contributed by atoms with Gasteiger partial charge in [-0.05, 0) is 35.9 Å². The number of methoxy groups -OCH3 is 1. The number of hydrogen-bond donors (Lipinski definition) is 1. The van der Waals surface area contributed by atoms with E-state index in [1.807, 2.05) is 12.1 Å². The van der Waals surface area contributed by atoms with Crippen LogP contribution in [0, 0.1) is 0 Å². The Bertz CT molecular complexity index is 873. The zero-order chi connectivity index (χ0) is 17.1. The lowest BCUT2D eigenvalue weighted by atomic mass is 10.1. The second-order valence-electron chi connectivity index (χ2n) is 4.95. The van der Waals surface area contributed by atoms with Crippen molar-refractivity contribution in [2.75, 3.05) is 12.4 Å². The molecule has 0 fully saturated rings. The van der Waals surface area contributed by atoms with Crippen molar-refractivity contribution in [1.82, 2.24) is 0 Å². The maximum Gasteiger partial charge on any atom is 0.337 e. The Hall–Kier alpha value is -2.80. The highest BCUT2D eigenvalue weighted by molar-refractivity contribution is 9.10. The number of halogens is 1. The van der Waals surface area contributed by atoms with Gasteiger partial charge in [0.15, 0.2) is 5.71 Å². The number of carbonyl (C=O) groups is 2. The number of esters is 1. The van der Waals surface area contributed by atoms with E-state index in [1.165, 1.54) is 13.3 Å². The fraction of sp³-hybridized carbons (Fsp3) is 0.0588. The molecule has 120 valence electrons. The summed E-state index contributed by atoms with van der Waals surface area (Å²) in [6.07, 6.45) is 1.51. The third-order valence-electron chi connectivity index (χ3n) is 3.40. The molecule has 1 aliphatic rings. The van der Waals surface area contributed by atoms with E-state index in [-0.39, 0.29) is 11.6 Å². The van der Waals surface area contributed by atoms with Crippen LogP contribution in [0.15, 0.2) is 57.1 Å². The Morgan fingerprint density at radius 1 is 1.21 bits per heavy atom. The van der Waals surface area contributed by atoms with Gasteiger partial charge in [0, 0.05) is 10.0 Å². The zero-order valence-electron chi connectivity index (χ0n) is 12.6. The molecule has 0 aliphatic carbocycles. The average Bonchev–Trinajstić information content (AvgIpc) is 2.90. The quantitative estimate of drug-likeness (QED) is 0.500. The molecule has 1 amide bonds. The van der Waals surface area contributed by atoms with Gasteiger partial charge in [0.1, 0.15) is 0 Å². The molecule has 0 aromatic heterocycles. The van der Waals surface area contributed by atoms with Crippen molar-refractivity contribution in [3.63, 3.8) is 0 Å². The fourth-order valence-electron chi connectivity index (χ4n) is 2.20. The molecule has 1 aliphatic heterocycles. The van der Waals surface area contributed by atoms with Gasteiger partial charge in [-0.2, -0.15) is 5.10 Å². The number of carbonyl (C=O) groups excluding carboxylic acids is 2. The van der Waals surface area contributed by atoms with Crippen LogP contribution in [0.25, 0.3) is 0 Å². The fourth-order valence-corrected chi connectivity index (χ4v) is 2.56. The third-order valence-corrected chi connectivity index (χ3v) is 3.89. The molecule has 0 spiro atoms. The lowest BCUT2D eigenvalue weighted by Crippen LogP contribution is -2.13. The molecule has 7 heteroatoms. The molecule has 2 aromatic rings. The molecule has 1 heterocycles. The van der Waals surface area contributed by atoms with Crippen molar-refractivity contribution >= 4 is 45.4 Å². The summed E-state index contributed by atoms with van der Waals surface area (Å²) in [6.45, 7) is 0. The van der Waals surface area contributed by atoms with Gasteiger partial charge in [-0.15, -0.1) is 5.10 Å². The number of anilines is 1. The first-order valence-electron chi connectivity index (χ1n) is 6.99. The SMILES string of the molecule is COC(=O)c1ccc(/C=N/N=C2\C(=O)Nc3ccc(Br)cc32)cc1. The molecule has 24 heavy (non-hydrogen) atoms. The van der Waals surface area contributed by atoms with Crippen molar-refractivity contribution in [1.29, 1.82) is 0 Å². The van der Waals surface area contributed by atoms with E-state index in [4.69, 9.17) is 0 Å². The number of fused-ring (bicyclic) bond motifs is 1. The van der Waals surface area contributed by atoms with Crippen LogP contribution in [0.1, 0.15) is 21.5 Å². The van der Waals surface area contributed by atoms with Crippen LogP contribution >= 0.6 is 15.9 Å². The minimum absolute atomic E-state index is 0.258. The normalized spacial score (nSPS) is 14.8. The van der Waals surface area contributed by atoms with E-state index in [0.717, 1.165) is 10.0 Å². The second-order valence-corrected chi connectivity index (χ2v) is 5.87. The van der Waals surface area contributed by atoms with Crippen LogP contribution in [0.3, 0.4) is 0 Å². The van der Waals surface area contributed by atoms with Gasteiger partial charge in [0.2, 0.25) is 0 Å². The molecular weight excluding hydrogens is 374 g/mol. The van der Waals surface area contributed by atoms with Gasteiger partial charge in [0.05, 0.1) is 24.6 Å². The summed E-state index contributed by atoms with van der Waals surface area (Å²) in [5.41, 5.74) is 2.87. The number of hydrogen-bond acceptors (Lipinski definition) is 5. The number of amides is 1. The molecule has 0 radical (unpaired) electrons. The number of benzene rings is 2. The van der Waals surface area contributed by atoms with E-state index in [1.54, 1.807) is 30.3 Å². The molecule has 0 bridgehead atoms. The van der Waals surface area contributed by atoms with Crippen molar-refractivity contribution < 1.29 is 14.3 Å². The summed E-state index contributed by atoms with van der Waals surface area (Å²) in [6, 6.07) is 12.2. The van der Waals surface area contributed by atoms with Crippen LogP contribution < -0.4 is 5.32 Å². The number of nitrogens with zero attached hydrogens (tertiary/aromatic N) is 2. The van der Waals surface area contributed by atoms with Crippen molar-refractivity contribution in [2.45, 2.75) is 0 Å². The Balaban J connectivity index is 1.81. The maximum atomic E-state index is 12.0. The molecule has 3 rings (SSSR count). The smallest absolute Gasteiger partial charge is 0.337 e. The van der Waals surface area contributed by atoms with Gasteiger partial charge < -0.3 is 10.1 Å². The Morgan fingerprint density at radius 3 is 2.67 bits per heavy atom. The van der Waals surface area contributed by atoms with Gasteiger partial charge in [0.25, 0.3) is 5.91 Å². The summed E-state index contributed by atoms with van der Waals surface area (Å²) in [7, 11) is 1.33. The zero-order valence-corrected chi connectivity index (χ0v) is 14.2. The summed E-state index contributed by atoms with van der Waals surface area (Å²) in [5, 5.41) is 10.7. The monoisotopic (exact) mass is 385 g/mol. The van der Waals surface area contributed by atoms with E-state index in [0.29, 0.717) is 16.8 Å². The van der Waals surface area contributed by atoms with Gasteiger partial charge in [-0.3, -0.25) is 4.79 Å². The summed E-state index contributed by atoms with van der Waals surface area (Å²) in [5.74, 6) is -0.690. The largest absolute Gasteiger partial charge is 0.465 e. The summed E-state index contributed by atoms with van der Waals surface area (Å²) in [4.78, 5) is 23.3. The lowest BCUT2D eigenvalue weighted by Gasteiger charge is -1.98. The highest BCUT2D eigenvalue weighted by Gasteiger charge is 2.26. The van der Waals surface area contributed by atoms with Crippen molar-refractivity contribution in [2.24, 2.45) is 10.2 Å². The first-order chi connectivity index (χ1) is 11.6. The minimum atomic E-state index is -0.399. The van der Waals surface area contributed by atoms with E-state index < -0.39 is 5.97 Å². The number of rotatable bonds is 3. The Labute approximate surface area is 146 Å². The van der Waals surface area contributed by atoms with Crippen LogP contribution in [0.4, 0.5) is 5.69 Å². The lowest BCUT2D eigenvalue weighted by molar-refractivity contribution is -0.110. The molecule has 2 aromatic carbocycles. The highest BCUT2D eigenvalue weighted by Crippen LogP contribution is 2.26. The molecule has 6 nitrogen and oxygen atoms in total. The summed E-state index contributed by atoms with van der Waals surface area (Å²) < 4.78 is 5.49. The molecule has 0 unspecified atom stereocenters. The highest BCUT2D eigenvalue weighted by atomic mass is 79.9. The third kappa shape index (κ3) is 3.26. The Kier molecular flexibility index (Phi) is 4.52. The van der Waals surface area contributed by atoms with E-state index in [9.17, 15) is 9.59 Å². The average molecular weight is 386 g/mol. The maximum absolute atomic E-state index is 12.0. The van der Waals surface area contributed by atoms with Gasteiger partial charge in [-0.25, -0.2) is 4.79 Å². The minimum Gasteiger partial charge on any atom is -0.465 e. The molecule has 0 saturated heterocycles.